The summed E-state index contributed by atoms with van der Waals surface area (Å²) >= 11 is 10.7. The van der Waals surface area contributed by atoms with E-state index in [1.165, 1.54) is 0 Å². The molecule has 1 rings (SSSR count). The van der Waals surface area contributed by atoms with Crippen LogP contribution < -0.4 is 11.1 Å². The van der Waals surface area contributed by atoms with Gasteiger partial charge >= 0.3 is 0 Å². The Morgan fingerprint density at radius 3 is 2.69 bits per heavy atom. The molecule has 0 unspecified atom stereocenters. The Bertz CT molecular complexity index is 314. The van der Waals surface area contributed by atoms with E-state index in [4.69, 9.17) is 29.6 Å². The van der Waals surface area contributed by atoms with Gasteiger partial charge in [0.25, 0.3) is 0 Å². The van der Waals surface area contributed by atoms with Crippen LogP contribution in [0, 0.1) is 0 Å². The average molecular weight is 215 g/mol. The normalized spacial score (nSPS) is 12.2. The average Bonchev–Trinajstić information content (AvgIpc) is 2.03. The number of nitrogens with one attached hydrogen (secondary N) is 1. The molecule has 0 heterocycles. The van der Waals surface area contributed by atoms with E-state index in [9.17, 15) is 0 Å². The maximum atomic E-state index is 5.98. The third kappa shape index (κ3) is 2.86. The maximum absolute atomic E-state index is 5.98. The minimum Gasteiger partial charge on any atom is -0.376 e. The first-order valence-electron chi connectivity index (χ1n) is 3.91. The summed E-state index contributed by atoms with van der Waals surface area (Å²) in [5.74, 6) is 0. The quantitative estimate of drug-likeness (QED) is 0.742. The zero-order valence-electron chi connectivity index (χ0n) is 7.25. The second-order valence-electron chi connectivity index (χ2n) is 2.75. The highest BCUT2D eigenvalue weighted by molar-refractivity contribution is 7.80. The predicted molar refractivity (Wildman–Crippen MR) is 59.8 cm³/mol. The minimum absolute atomic E-state index is 0.0474. The van der Waals surface area contributed by atoms with Crippen molar-refractivity contribution in [2.45, 2.75) is 13.0 Å². The number of nitrogens with two attached hydrogens (primary N) is 1. The van der Waals surface area contributed by atoms with E-state index in [-0.39, 0.29) is 11.2 Å². The van der Waals surface area contributed by atoms with Crippen molar-refractivity contribution in [2.75, 3.05) is 0 Å². The number of hydrogen-bond acceptors (Lipinski definition) is 1. The van der Waals surface area contributed by atoms with Gasteiger partial charge in [-0.2, -0.15) is 0 Å². The molecule has 0 amide bonds. The fourth-order valence-corrected chi connectivity index (χ4v) is 1.59. The molecule has 0 aliphatic rings. The van der Waals surface area contributed by atoms with Crippen LogP contribution in [0.2, 0.25) is 5.02 Å². The Kier molecular flexibility index (Phi) is 3.51. The van der Waals surface area contributed by atoms with Crippen LogP contribution in [0.4, 0.5) is 0 Å². The van der Waals surface area contributed by atoms with Gasteiger partial charge in [0.05, 0.1) is 6.04 Å². The third-order valence-electron chi connectivity index (χ3n) is 1.73. The lowest BCUT2D eigenvalue weighted by Crippen LogP contribution is -2.31. The first kappa shape index (κ1) is 10.3. The largest absolute Gasteiger partial charge is 0.376 e. The van der Waals surface area contributed by atoms with E-state index in [1.807, 2.05) is 31.2 Å². The van der Waals surface area contributed by atoms with Crippen molar-refractivity contribution < 1.29 is 0 Å². The second-order valence-corrected chi connectivity index (χ2v) is 3.60. The second kappa shape index (κ2) is 4.44. The molecule has 0 saturated carbocycles. The summed E-state index contributed by atoms with van der Waals surface area (Å²) in [5.41, 5.74) is 6.36. The minimum atomic E-state index is 0.0474. The molecule has 0 aromatic heterocycles. The van der Waals surface area contributed by atoms with Gasteiger partial charge < -0.3 is 11.1 Å². The maximum Gasteiger partial charge on any atom is 0.164 e. The summed E-state index contributed by atoms with van der Waals surface area (Å²) in [7, 11) is 0. The molecular weight excluding hydrogens is 204 g/mol. The van der Waals surface area contributed by atoms with E-state index >= 15 is 0 Å². The monoisotopic (exact) mass is 214 g/mol. The molecule has 0 aliphatic heterocycles. The number of thiocarbonyl (C=S) groups is 1. The highest BCUT2D eigenvalue weighted by atomic mass is 35.5. The summed E-state index contributed by atoms with van der Waals surface area (Å²) in [5, 5.41) is 3.93. The van der Waals surface area contributed by atoms with Gasteiger partial charge in [-0.3, -0.25) is 0 Å². The van der Waals surface area contributed by atoms with Gasteiger partial charge in [0.2, 0.25) is 0 Å². The molecule has 70 valence electrons. The molecule has 0 radical (unpaired) electrons. The SMILES string of the molecule is C[C@H](NC(N)=S)c1ccccc1Cl. The van der Waals surface area contributed by atoms with Crippen LogP contribution in [0.25, 0.3) is 0 Å². The Morgan fingerprint density at radius 2 is 2.15 bits per heavy atom. The molecule has 1 aromatic carbocycles. The van der Waals surface area contributed by atoms with Crippen LogP contribution in [0.15, 0.2) is 24.3 Å². The highest BCUT2D eigenvalue weighted by Gasteiger charge is 2.07. The summed E-state index contributed by atoms with van der Waals surface area (Å²) in [4.78, 5) is 0. The lowest BCUT2D eigenvalue weighted by atomic mass is 10.1. The van der Waals surface area contributed by atoms with E-state index in [1.54, 1.807) is 0 Å². The molecule has 4 heteroatoms. The summed E-state index contributed by atoms with van der Waals surface area (Å²) in [6.45, 7) is 1.96. The van der Waals surface area contributed by atoms with Gasteiger partial charge in [-0.15, -0.1) is 0 Å². The standard InChI is InChI=1S/C9H11ClN2S/c1-6(12-9(11)13)7-4-2-3-5-8(7)10/h2-6H,1H3,(H3,11,12,13)/t6-/m0/s1. The molecule has 0 saturated heterocycles. The molecular formula is C9H11ClN2S. The third-order valence-corrected chi connectivity index (χ3v) is 2.19. The number of halogens is 1. The van der Waals surface area contributed by atoms with Gasteiger partial charge in [0.15, 0.2) is 5.11 Å². The van der Waals surface area contributed by atoms with Crippen molar-refractivity contribution in [3.8, 4) is 0 Å². The molecule has 2 nitrogen and oxygen atoms in total. The molecule has 0 fully saturated rings. The fourth-order valence-electron chi connectivity index (χ4n) is 1.12. The van der Waals surface area contributed by atoms with Gasteiger partial charge in [-0.05, 0) is 30.8 Å². The predicted octanol–water partition coefficient (Wildman–Crippen LogP) is 2.23. The van der Waals surface area contributed by atoms with Crippen LogP contribution in [0.3, 0.4) is 0 Å². The first-order valence-corrected chi connectivity index (χ1v) is 4.70. The van der Waals surface area contributed by atoms with Gasteiger partial charge in [-0.25, -0.2) is 0 Å². The van der Waals surface area contributed by atoms with Gasteiger partial charge in [0, 0.05) is 5.02 Å². The lowest BCUT2D eigenvalue weighted by Gasteiger charge is -2.14. The molecule has 0 spiro atoms. The molecule has 13 heavy (non-hydrogen) atoms. The molecule has 3 N–H and O–H groups in total. The Hall–Kier alpha value is -0.800. The van der Waals surface area contributed by atoms with Crippen LogP contribution in [-0.2, 0) is 0 Å². The van der Waals surface area contributed by atoms with Crippen LogP contribution in [0.1, 0.15) is 18.5 Å². The van der Waals surface area contributed by atoms with E-state index in [0.717, 1.165) is 10.6 Å². The van der Waals surface area contributed by atoms with Crippen molar-refractivity contribution in [2.24, 2.45) is 5.73 Å². The summed E-state index contributed by atoms with van der Waals surface area (Å²) in [6, 6.07) is 7.65. The number of benzene rings is 1. The van der Waals surface area contributed by atoms with Crippen molar-refractivity contribution in [1.82, 2.24) is 5.32 Å². The molecule has 1 atom stereocenters. The highest BCUT2D eigenvalue weighted by Crippen LogP contribution is 2.21. The van der Waals surface area contributed by atoms with Crippen LogP contribution in [-0.4, -0.2) is 5.11 Å². The summed E-state index contributed by atoms with van der Waals surface area (Å²) < 4.78 is 0. The molecule has 1 aromatic rings. The van der Waals surface area contributed by atoms with Gasteiger partial charge in [0.1, 0.15) is 0 Å². The van der Waals surface area contributed by atoms with Crippen LogP contribution >= 0.6 is 23.8 Å². The fraction of sp³-hybridized carbons (Fsp3) is 0.222. The Balaban J connectivity index is 2.82. The van der Waals surface area contributed by atoms with Crippen molar-refractivity contribution in [1.29, 1.82) is 0 Å². The summed E-state index contributed by atoms with van der Waals surface area (Å²) in [6.07, 6.45) is 0. The number of hydrogen-bond donors (Lipinski definition) is 2. The molecule has 0 aliphatic carbocycles. The zero-order valence-corrected chi connectivity index (χ0v) is 8.82. The van der Waals surface area contributed by atoms with Crippen molar-refractivity contribution in [3.05, 3.63) is 34.9 Å². The van der Waals surface area contributed by atoms with Gasteiger partial charge in [-0.1, -0.05) is 29.8 Å². The Morgan fingerprint density at radius 1 is 1.54 bits per heavy atom. The van der Waals surface area contributed by atoms with Crippen molar-refractivity contribution >= 4 is 28.9 Å². The first-order chi connectivity index (χ1) is 6.11. The zero-order chi connectivity index (χ0) is 9.84. The van der Waals surface area contributed by atoms with E-state index < -0.39 is 0 Å². The van der Waals surface area contributed by atoms with E-state index in [2.05, 4.69) is 5.32 Å². The topological polar surface area (TPSA) is 38.0 Å². The smallest absolute Gasteiger partial charge is 0.164 e. The van der Waals surface area contributed by atoms with Crippen LogP contribution in [0.5, 0.6) is 0 Å². The van der Waals surface area contributed by atoms with Crippen molar-refractivity contribution in [3.63, 3.8) is 0 Å². The Labute approximate surface area is 88.1 Å². The van der Waals surface area contributed by atoms with E-state index in [0.29, 0.717) is 0 Å². The molecule has 0 bridgehead atoms. The number of rotatable bonds is 2. The lowest BCUT2D eigenvalue weighted by molar-refractivity contribution is 0.720.